The monoisotopic (exact) mass is 648 g/mol. The number of benzene rings is 6. The van der Waals surface area contributed by atoms with Crippen LogP contribution in [-0.4, -0.2) is 35.3 Å². The number of carbonyl (C=O) groups excluding carboxylic acids is 4. The van der Waals surface area contributed by atoms with Gasteiger partial charge in [-0.3, -0.25) is 19.2 Å². The van der Waals surface area contributed by atoms with E-state index in [9.17, 15) is 24.3 Å². The van der Waals surface area contributed by atoms with Gasteiger partial charge in [0, 0.05) is 29.4 Å². The topological polar surface area (TPSA) is 97.7 Å². The Morgan fingerprint density at radius 2 is 0.694 bits per heavy atom. The van der Waals surface area contributed by atoms with Crippen molar-refractivity contribution in [1.29, 1.82) is 0 Å². The quantitative estimate of drug-likeness (QED) is 0.118. The maximum atomic E-state index is 12.3. The van der Waals surface area contributed by atoms with Gasteiger partial charge in [0.2, 0.25) is 11.6 Å². The molecule has 0 saturated heterocycles. The Labute approximate surface area is 286 Å². The number of ketones is 4. The lowest BCUT2D eigenvalue weighted by atomic mass is 10.00. The smallest absolute Gasteiger partial charge is 0.233 e. The maximum Gasteiger partial charge on any atom is 0.233 e. The van der Waals surface area contributed by atoms with E-state index >= 15 is 0 Å². The molecule has 6 nitrogen and oxygen atoms in total. The first-order valence-corrected chi connectivity index (χ1v) is 15.6. The second kappa shape index (κ2) is 18.9. The van der Waals surface area contributed by atoms with Gasteiger partial charge >= 0.3 is 0 Å². The van der Waals surface area contributed by atoms with Crippen LogP contribution in [-0.2, 0) is 4.74 Å². The molecule has 0 radical (unpaired) electrons. The van der Waals surface area contributed by atoms with Crippen molar-refractivity contribution in [2.24, 2.45) is 0 Å². The molecule has 0 spiro atoms. The molecule has 6 aromatic rings. The average Bonchev–Trinajstić information content (AvgIpc) is 3.19. The highest BCUT2D eigenvalue weighted by Gasteiger charge is 2.21. The summed E-state index contributed by atoms with van der Waals surface area (Å²) in [6, 6.07) is 53.6. The summed E-state index contributed by atoms with van der Waals surface area (Å²) in [6.45, 7) is 0. The molecule has 49 heavy (non-hydrogen) atoms. The van der Waals surface area contributed by atoms with E-state index in [0.717, 1.165) is 5.56 Å². The molecular formula is C43H36O6. The Morgan fingerprint density at radius 3 is 1.04 bits per heavy atom. The van der Waals surface area contributed by atoms with Crippen LogP contribution in [0, 0.1) is 0 Å². The number of ether oxygens (including phenoxy) is 1. The van der Waals surface area contributed by atoms with Crippen molar-refractivity contribution in [3.8, 4) is 0 Å². The summed E-state index contributed by atoms with van der Waals surface area (Å²) < 4.78 is 5.30. The maximum absolute atomic E-state index is 12.3. The predicted octanol–water partition coefficient (Wildman–Crippen LogP) is 8.61. The Bertz CT molecular complexity index is 1850. The van der Waals surface area contributed by atoms with Gasteiger partial charge in [0.1, 0.15) is 12.2 Å². The molecule has 0 bridgehead atoms. The normalized spacial score (nSPS) is 11.3. The number of carbonyl (C=O) groups is 4. The van der Waals surface area contributed by atoms with Crippen LogP contribution < -0.4 is 0 Å². The zero-order valence-corrected chi connectivity index (χ0v) is 27.0. The molecule has 0 saturated carbocycles. The van der Waals surface area contributed by atoms with Gasteiger partial charge < -0.3 is 9.84 Å². The lowest BCUT2D eigenvalue weighted by Gasteiger charge is -2.14. The van der Waals surface area contributed by atoms with Crippen LogP contribution in [0.1, 0.15) is 64.8 Å². The molecule has 0 amide bonds. The lowest BCUT2D eigenvalue weighted by molar-refractivity contribution is 0.0604. The van der Waals surface area contributed by atoms with Gasteiger partial charge in [0.05, 0.1) is 0 Å². The van der Waals surface area contributed by atoms with Crippen LogP contribution in [0.25, 0.3) is 0 Å². The van der Waals surface area contributed by atoms with Gasteiger partial charge in [0.15, 0.2) is 11.6 Å². The second-order valence-corrected chi connectivity index (χ2v) is 10.7. The van der Waals surface area contributed by atoms with Crippen molar-refractivity contribution < 1.29 is 29.0 Å². The van der Waals surface area contributed by atoms with Crippen LogP contribution in [0.15, 0.2) is 182 Å². The zero-order chi connectivity index (χ0) is 34.8. The second-order valence-electron chi connectivity index (χ2n) is 10.7. The number of aliphatic hydroxyl groups excluding tert-OH is 1. The summed E-state index contributed by atoms with van der Waals surface area (Å²) in [4.78, 5) is 47.7. The molecule has 2 unspecified atom stereocenters. The highest BCUT2D eigenvalue weighted by Crippen LogP contribution is 2.21. The Kier molecular flexibility index (Phi) is 13.8. The molecule has 1 N–H and O–H groups in total. The number of methoxy groups -OCH3 is 1. The van der Waals surface area contributed by atoms with E-state index < -0.39 is 23.8 Å². The van der Waals surface area contributed by atoms with Crippen molar-refractivity contribution in [3.63, 3.8) is 0 Å². The Hall–Kier alpha value is -6.08. The molecule has 6 aromatic carbocycles. The Morgan fingerprint density at radius 1 is 0.408 bits per heavy atom. The summed E-state index contributed by atoms with van der Waals surface area (Å²) >= 11 is 0. The van der Waals surface area contributed by atoms with Crippen LogP contribution in [0.4, 0.5) is 0 Å². The first kappa shape index (κ1) is 35.8. The molecule has 0 aliphatic heterocycles. The van der Waals surface area contributed by atoms with Gasteiger partial charge in [-0.1, -0.05) is 182 Å². The lowest BCUT2D eigenvalue weighted by Crippen LogP contribution is -2.14. The van der Waals surface area contributed by atoms with Gasteiger partial charge in [-0.05, 0) is 11.1 Å². The third kappa shape index (κ3) is 10.5. The van der Waals surface area contributed by atoms with Crippen molar-refractivity contribution in [3.05, 3.63) is 215 Å². The van der Waals surface area contributed by atoms with E-state index in [1.807, 2.05) is 72.8 Å². The van der Waals surface area contributed by atoms with E-state index in [4.69, 9.17) is 4.74 Å². The van der Waals surface area contributed by atoms with Gasteiger partial charge in [-0.15, -0.1) is 0 Å². The fourth-order valence-corrected chi connectivity index (χ4v) is 4.76. The summed E-state index contributed by atoms with van der Waals surface area (Å²) in [5.41, 5.74) is 3.55. The third-order valence-corrected chi connectivity index (χ3v) is 7.33. The van der Waals surface area contributed by atoms with Crippen LogP contribution in [0.2, 0.25) is 0 Å². The fraction of sp³-hybridized carbons (Fsp3) is 0.0698. The van der Waals surface area contributed by atoms with Crippen LogP contribution in [0.5, 0.6) is 0 Å². The van der Waals surface area contributed by atoms with E-state index in [1.54, 1.807) is 116 Å². The molecule has 6 heteroatoms. The largest absolute Gasteiger partial charge is 0.380 e. The summed E-state index contributed by atoms with van der Waals surface area (Å²) in [7, 11) is 1.55. The minimum atomic E-state index is -1.08. The molecule has 0 aliphatic carbocycles. The molecule has 6 rings (SSSR count). The fourth-order valence-electron chi connectivity index (χ4n) is 4.76. The van der Waals surface area contributed by atoms with E-state index in [-0.39, 0.29) is 11.6 Å². The number of hydrogen-bond acceptors (Lipinski definition) is 6. The van der Waals surface area contributed by atoms with Crippen molar-refractivity contribution in [2.45, 2.75) is 12.2 Å². The molecule has 2 atom stereocenters. The Balaban J connectivity index is 0.000000166. The van der Waals surface area contributed by atoms with Gasteiger partial charge in [-0.25, -0.2) is 0 Å². The summed E-state index contributed by atoms with van der Waals surface area (Å²) in [5.74, 6) is -1.22. The van der Waals surface area contributed by atoms with Crippen molar-refractivity contribution >= 4 is 23.1 Å². The van der Waals surface area contributed by atoms with Crippen LogP contribution >= 0.6 is 0 Å². The molecule has 0 aromatic heterocycles. The predicted molar refractivity (Wildman–Crippen MR) is 191 cm³/mol. The van der Waals surface area contributed by atoms with Gasteiger partial charge in [0.25, 0.3) is 0 Å². The molecule has 0 fully saturated rings. The standard InChI is InChI=1S/C15H14O2.C14H12O2.C14H10O2/c1-17-15(13-10-6-3-7-11-13)14(16)12-8-4-2-5-9-12;2*15-13(11-7-3-1-4-8-11)14(16)12-9-5-2-6-10-12/h2-11,15H,1H3;1-10,13,15H;1-10H. The third-order valence-electron chi connectivity index (χ3n) is 7.33. The summed E-state index contributed by atoms with van der Waals surface area (Å²) in [6.07, 6.45) is -1.61. The van der Waals surface area contributed by atoms with E-state index in [0.29, 0.717) is 27.8 Å². The minimum absolute atomic E-state index is 0.0145. The zero-order valence-electron chi connectivity index (χ0n) is 27.0. The van der Waals surface area contributed by atoms with E-state index in [1.165, 1.54) is 0 Å². The van der Waals surface area contributed by atoms with Gasteiger partial charge in [-0.2, -0.15) is 0 Å². The molecule has 0 aliphatic rings. The molecular weight excluding hydrogens is 612 g/mol. The number of rotatable bonds is 10. The van der Waals surface area contributed by atoms with E-state index in [2.05, 4.69) is 0 Å². The minimum Gasteiger partial charge on any atom is -0.380 e. The number of hydrogen-bond donors (Lipinski definition) is 1. The van der Waals surface area contributed by atoms with Crippen molar-refractivity contribution in [2.75, 3.05) is 7.11 Å². The highest BCUT2D eigenvalue weighted by atomic mass is 16.5. The number of aliphatic hydroxyl groups is 1. The first-order chi connectivity index (χ1) is 23.9. The number of Topliss-reactive ketones (excluding diaryl/α,β-unsaturated/α-hetero) is 4. The average molecular weight is 649 g/mol. The van der Waals surface area contributed by atoms with Crippen LogP contribution in [0.3, 0.4) is 0 Å². The first-order valence-electron chi connectivity index (χ1n) is 15.6. The highest BCUT2D eigenvalue weighted by molar-refractivity contribution is 6.49. The SMILES string of the molecule is COC(C(=O)c1ccccc1)c1ccccc1.O=C(C(=O)c1ccccc1)c1ccccc1.O=C(c1ccccc1)C(O)c1ccccc1. The molecule has 244 valence electrons. The summed E-state index contributed by atoms with van der Waals surface area (Å²) in [5, 5.41) is 9.89. The van der Waals surface area contributed by atoms with Crippen molar-refractivity contribution in [1.82, 2.24) is 0 Å². The molecule has 0 heterocycles.